The molecule has 1 heterocycles. The van der Waals surface area contributed by atoms with Gasteiger partial charge < -0.3 is 20.1 Å². The van der Waals surface area contributed by atoms with Gasteiger partial charge in [0.2, 0.25) is 0 Å². The van der Waals surface area contributed by atoms with E-state index in [0.29, 0.717) is 24.4 Å². The van der Waals surface area contributed by atoms with Crippen molar-refractivity contribution in [2.45, 2.75) is 19.4 Å². The summed E-state index contributed by atoms with van der Waals surface area (Å²) in [6, 6.07) is 4.02. The summed E-state index contributed by atoms with van der Waals surface area (Å²) in [6.07, 6.45) is 0.681. The number of halogens is 1. The Morgan fingerprint density at radius 1 is 1.48 bits per heavy atom. The Hall–Kier alpha value is -1.76. The smallest absolute Gasteiger partial charge is 0.326 e. The summed E-state index contributed by atoms with van der Waals surface area (Å²) in [7, 11) is 1.51. The lowest BCUT2D eigenvalue weighted by molar-refractivity contribution is -0.142. The van der Waals surface area contributed by atoms with E-state index in [2.05, 4.69) is 21.2 Å². The lowest BCUT2D eigenvalue weighted by Gasteiger charge is -2.24. The summed E-state index contributed by atoms with van der Waals surface area (Å²) in [5, 5.41) is 12.0. The molecule has 0 radical (unpaired) electrons. The number of methoxy groups -OCH3 is 1. The molecule has 1 aromatic rings. The zero-order chi connectivity index (χ0) is 15.6. The van der Waals surface area contributed by atoms with Crippen LogP contribution in [0.2, 0.25) is 0 Å². The molecule has 2 rings (SSSR count). The van der Waals surface area contributed by atoms with E-state index in [1.165, 1.54) is 12.0 Å². The Labute approximate surface area is 131 Å². The minimum atomic E-state index is -0.976. The van der Waals surface area contributed by atoms with E-state index in [1.807, 2.05) is 6.92 Å². The molecule has 1 aliphatic heterocycles. The first-order valence-electron chi connectivity index (χ1n) is 6.58. The average Bonchev–Trinajstić information content (AvgIpc) is 2.81. The first kappa shape index (κ1) is 15.6. The molecular weight excluding hydrogens is 340 g/mol. The van der Waals surface area contributed by atoms with Gasteiger partial charge in [0.05, 0.1) is 12.8 Å². The number of benzene rings is 1. The van der Waals surface area contributed by atoms with Gasteiger partial charge >= 0.3 is 12.0 Å². The van der Waals surface area contributed by atoms with Crippen molar-refractivity contribution < 1.29 is 19.4 Å². The number of nitrogens with zero attached hydrogens (tertiary/aromatic N) is 1. The molecule has 1 aliphatic rings. The molecule has 0 spiro atoms. The van der Waals surface area contributed by atoms with Gasteiger partial charge in [-0.1, -0.05) is 22.9 Å². The summed E-state index contributed by atoms with van der Waals surface area (Å²) in [4.78, 5) is 25.0. The molecule has 1 saturated heterocycles. The van der Waals surface area contributed by atoms with Crippen molar-refractivity contribution in [1.82, 2.24) is 4.90 Å². The van der Waals surface area contributed by atoms with Crippen molar-refractivity contribution in [1.29, 1.82) is 0 Å². The molecule has 2 N–H and O–H groups in total. The molecular formula is C14H17BrN2O4. The van der Waals surface area contributed by atoms with E-state index in [1.54, 1.807) is 18.2 Å². The van der Waals surface area contributed by atoms with Crippen LogP contribution in [0.15, 0.2) is 22.7 Å². The summed E-state index contributed by atoms with van der Waals surface area (Å²) in [6.45, 7) is 2.27. The Bertz CT molecular complexity index is 564. The van der Waals surface area contributed by atoms with Crippen LogP contribution in [-0.2, 0) is 4.79 Å². The van der Waals surface area contributed by atoms with Crippen molar-refractivity contribution in [2.24, 2.45) is 5.92 Å². The van der Waals surface area contributed by atoms with E-state index in [9.17, 15) is 14.7 Å². The molecule has 114 valence electrons. The van der Waals surface area contributed by atoms with Crippen molar-refractivity contribution in [2.75, 3.05) is 19.0 Å². The lowest BCUT2D eigenvalue weighted by Crippen LogP contribution is -2.44. The molecule has 0 saturated carbocycles. The van der Waals surface area contributed by atoms with Crippen LogP contribution in [-0.4, -0.2) is 41.7 Å². The maximum atomic E-state index is 12.3. The van der Waals surface area contributed by atoms with Crippen LogP contribution in [0.4, 0.5) is 10.5 Å². The summed E-state index contributed by atoms with van der Waals surface area (Å²) >= 11 is 3.33. The van der Waals surface area contributed by atoms with Gasteiger partial charge in [0.15, 0.2) is 0 Å². The quantitative estimate of drug-likeness (QED) is 0.872. The molecule has 0 bridgehead atoms. The second-order valence-corrected chi connectivity index (χ2v) is 5.93. The van der Waals surface area contributed by atoms with Crippen LogP contribution in [0, 0.1) is 5.92 Å². The van der Waals surface area contributed by atoms with Gasteiger partial charge in [-0.2, -0.15) is 0 Å². The third kappa shape index (κ3) is 3.29. The Morgan fingerprint density at radius 3 is 2.81 bits per heavy atom. The number of carbonyl (C=O) groups is 2. The van der Waals surface area contributed by atoms with E-state index < -0.39 is 18.0 Å². The molecule has 2 unspecified atom stereocenters. The number of anilines is 1. The van der Waals surface area contributed by atoms with E-state index in [4.69, 9.17) is 4.74 Å². The largest absolute Gasteiger partial charge is 0.495 e. The van der Waals surface area contributed by atoms with Crippen LogP contribution >= 0.6 is 15.9 Å². The van der Waals surface area contributed by atoms with Gasteiger partial charge in [-0.3, -0.25) is 0 Å². The fourth-order valence-electron chi connectivity index (χ4n) is 2.52. The predicted molar refractivity (Wildman–Crippen MR) is 81.6 cm³/mol. The zero-order valence-electron chi connectivity index (χ0n) is 11.8. The number of ether oxygens (including phenoxy) is 1. The highest BCUT2D eigenvalue weighted by Gasteiger charge is 2.39. The highest BCUT2D eigenvalue weighted by Crippen LogP contribution is 2.30. The standard InChI is InChI=1S/C14H17BrN2O4/c1-8-5-6-17(12(8)13(18)19)14(20)16-10-7-9(15)3-4-11(10)21-2/h3-4,7-8,12H,5-6H2,1-2H3,(H,16,20)(H,18,19). The normalized spacial score (nSPS) is 21.2. The lowest BCUT2D eigenvalue weighted by atomic mass is 10.0. The molecule has 21 heavy (non-hydrogen) atoms. The third-order valence-electron chi connectivity index (χ3n) is 3.62. The highest BCUT2D eigenvalue weighted by atomic mass is 79.9. The molecule has 1 fully saturated rings. The van der Waals surface area contributed by atoms with Crippen LogP contribution in [0.3, 0.4) is 0 Å². The van der Waals surface area contributed by atoms with Gasteiger partial charge in [-0.25, -0.2) is 9.59 Å². The second-order valence-electron chi connectivity index (χ2n) is 5.02. The number of likely N-dealkylation sites (tertiary alicyclic amines) is 1. The Kier molecular flexibility index (Phi) is 4.72. The van der Waals surface area contributed by atoms with E-state index in [-0.39, 0.29) is 5.92 Å². The van der Waals surface area contributed by atoms with Crippen LogP contribution in [0.25, 0.3) is 0 Å². The number of nitrogens with one attached hydrogen (secondary N) is 1. The van der Waals surface area contributed by atoms with Crippen molar-refractivity contribution in [3.05, 3.63) is 22.7 Å². The number of carboxylic acids is 1. The number of carbonyl (C=O) groups excluding carboxylic acids is 1. The SMILES string of the molecule is COc1ccc(Br)cc1NC(=O)N1CCC(C)C1C(=O)O. The van der Waals surface area contributed by atoms with E-state index >= 15 is 0 Å². The Morgan fingerprint density at radius 2 is 2.19 bits per heavy atom. The highest BCUT2D eigenvalue weighted by molar-refractivity contribution is 9.10. The van der Waals surface area contributed by atoms with Gasteiger partial charge in [0.25, 0.3) is 0 Å². The number of rotatable bonds is 3. The number of amides is 2. The zero-order valence-corrected chi connectivity index (χ0v) is 13.4. The summed E-state index contributed by atoms with van der Waals surface area (Å²) in [5.74, 6) is -0.514. The maximum Gasteiger partial charge on any atom is 0.326 e. The van der Waals surface area contributed by atoms with Crippen LogP contribution in [0.1, 0.15) is 13.3 Å². The van der Waals surface area contributed by atoms with Gasteiger partial charge in [0, 0.05) is 11.0 Å². The first-order chi connectivity index (χ1) is 9.93. The van der Waals surface area contributed by atoms with E-state index in [0.717, 1.165) is 4.47 Å². The molecule has 0 aromatic heterocycles. The number of urea groups is 1. The maximum absolute atomic E-state index is 12.3. The molecule has 6 nitrogen and oxygen atoms in total. The summed E-state index contributed by atoms with van der Waals surface area (Å²) < 4.78 is 5.98. The fraction of sp³-hybridized carbons (Fsp3) is 0.429. The first-order valence-corrected chi connectivity index (χ1v) is 7.37. The van der Waals surface area contributed by atoms with Crippen LogP contribution in [0.5, 0.6) is 5.75 Å². The van der Waals surface area contributed by atoms with Crippen molar-refractivity contribution in [3.8, 4) is 5.75 Å². The monoisotopic (exact) mass is 356 g/mol. The Balaban J connectivity index is 2.18. The summed E-state index contributed by atoms with van der Waals surface area (Å²) in [5.41, 5.74) is 0.501. The number of carboxylic acid groups (broad SMARTS) is 1. The van der Waals surface area contributed by atoms with Crippen LogP contribution < -0.4 is 10.1 Å². The molecule has 2 atom stereocenters. The molecule has 7 heteroatoms. The molecule has 1 aromatic carbocycles. The number of hydrogen-bond acceptors (Lipinski definition) is 3. The second kappa shape index (κ2) is 6.34. The van der Waals surface area contributed by atoms with Crippen molar-refractivity contribution in [3.63, 3.8) is 0 Å². The van der Waals surface area contributed by atoms with Gasteiger partial charge in [-0.15, -0.1) is 0 Å². The van der Waals surface area contributed by atoms with Crippen molar-refractivity contribution >= 4 is 33.6 Å². The van der Waals surface area contributed by atoms with Gasteiger partial charge in [0.1, 0.15) is 11.8 Å². The fourth-order valence-corrected chi connectivity index (χ4v) is 2.88. The topological polar surface area (TPSA) is 78.9 Å². The average molecular weight is 357 g/mol. The minimum absolute atomic E-state index is 0.0577. The third-order valence-corrected chi connectivity index (χ3v) is 4.11. The minimum Gasteiger partial charge on any atom is -0.495 e. The predicted octanol–water partition coefficient (Wildman–Crippen LogP) is 2.78. The number of hydrogen-bond donors (Lipinski definition) is 2. The molecule has 2 amide bonds. The molecule has 0 aliphatic carbocycles. The number of aliphatic carboxylic acids is 1. The van der Waals surface area contributed by atoms with Gasteiger partial charge in [-0.05, 0) is 30.5 Å².